The third-order valence-corrected chi connectivity index (χ3v) is 8.57. The summed E-state index contributed by atoms with van der Waals surface area (Å²) in [6, 6.07) is 11.9. The maximum absolute atomic E-state index is 12.2. The molecule has 0 aromatic carbocycles. The maximum atomic E-state index is 12.2. The molecule has 4 heterocycles. The quantitative estimate of drug-likeness (QED) is 0.410. The molecule has 9 heteroatoms. The van der Waals surface area contributed by atoms with Crippen molar-refractivity contribution >= 4 is 63.6 Å². The van der Waals surface area contributed by atoms with Crippen LogP contribution in [-0.2, 0) is 14.4 Å². The van der Waals surface area contributed by atoms with Crippen molar-refractivity contribution in [2.45, 2.75) is 17.1 Å². The Hall–Kier alpha value is -1.94. The van der Waals surface area contributed by atoms with Crippen molar-refractivity contribution in [2.24, 2.45) is 0 Å². The molecule has 0 radical (unpaired) electrons. The highest BCUT2D eigenvalue weighted by molar-refractivity contribution is 8.00. The number of hydrogen-bond acceptors (Lipinski definition) is 8. The van der Waals surface area contributed by atoms with Gasteiger partial charge < -0.3 is 4.84 Å². The minimum absolute atomic E-state index is 0.0841. The Morgan fingerprint density at radius 3 is 2.07 bits per heavy atom. The molecule has 138 valence electrons. The summed E-state index contributed by atoms with van der Waals surface area (Å²) in [5.41, 5.74) is 0. The Bertz CT molecular complexity index is 1020. The van der Waals surface area contributed by atoms with Gasteiger partial charge in [0.1, 0.15) is 4.88 Å². The predicted octanol–water partition coefficient (Wildman–Crippen LogP) is 5.15. The first-order valence-corrected chi connectivity index (χ1v) is 11.6. The average molecular weight is 436 g/mol. The first-order valence-electron chi connectivity index (χ1n) is 7.97. The lowest BCUT2D eigenvalue weighted by atomic mass is 10.3. The number of thioether (sulfide) groups is 1. The first kappa shape index (κ1) is 18.4. The van der Waals surface area contributed by atoms with Crippen molar-refractivity contribution in [3.8, 4) is 19.5 Å². The van der Waals surface area contributed by atoms with Gasteiger partial charge in [-0.3, -0.25) is 9.59 Å². The number of hydrogen-bond donors (Lipinski definition) is 0. The Morgan fingerprint density at radius 2 is 1.44 bits per heavy atom. The third kappa shape index (κ3) is 3.73. The van der Waals surface area contributed by atoms with Crippen LogP contribution >= 0.6 is 45.8 Å². The molecule has 0 atom stereocenters. The van der Waals surface area contributed by atoms with Crippen LogP contribution in [0, 0.1) is 0 Å². The number of nitrogens with zero attached hydrogens (tertiary/aromatic N) is 1. The van der Waals surface area contributed by atoms with Gasteiger partial charge in [-0.05, 0) is 42.7 Å². The molecule has 2 amide bonds. The molecule has 0 spiro atoms. The molecule has 0 unspecified atom stereocenters. The maximum Gasteiger partial charge on any atom is 0.373 e. The van der Waals surface area contributed by atoms with Gasteiger partial charge in [-0.2, -0.15) is 0 Å². The normalized spacial score (nSPS) is 14.2. The second-order valence-corrected chi connectivity index (χ2v) is 9.97. The Balaban J connectivity index is 1.50. The molecular weight excluding hydrogens is 422 g/mol. The lowest BCUT2D eigenvalue weighted by Gasteiger charge is -2.11. The van der Waals surface area contributed by atoms with Gasteiger partial charge in [0.05, 0.1) is 4.21 Å². The zero-order valence-electron chi connectivity index (χ0n) is 14.1. The van der Waals surface area contributed by atoms with Crippen LogP contribution in [0.4, 0.5) is 0 Å². The van der Waals surface area contributed by atoms with E-state index in [0.717, 1.165) is 9.75 Å². The number of amides is 2. The van der Waals surface area contributed by atoms with E-state index in [1.165, 1.54) is 25.3 Å². The van der Waals surface area contributed by atoms with E-state index < -0.39 is 17.8 Å². The van der Waals surface area contributed by atoms with Crippen LogP contribution in [0.25, 0.3) is 19.5 Å². The van der Waals surface area contributed by atoms with E-state index in [4.69, 9.17) is 4.84 Å². The molecule has 1 saturated heterocycles. The molecule has 3 aromatic heterocycles. The summed E-state index contributed by atoms with van der Waals surface area (Å²) in [4.78, 5) is 45.1. The van der Waals surface area contributed by atoms with Crippen LogP contribution in [0.3, 0.4) is 0 Å². The largest absolute Gasteiger partial charge is 0.373 e. The van der Waals surface area contributed by atoms with Crippen LogP contribution in [0.2, 0.25) is 0 Å². The van der Waals surface area contributed by atoms with Crippen LogP contribution in [0.5, 0.6) is 0 Å². The zero-order chi connectivity index (χ0) is 19.0. The molecule has 1 aliphatic heterocycles. The summed E-state index contributed by atoms with van der Waals surface area (Å²) in [6.07, 6.45) is 2.23. The van der Waals surface area contributed by atoms with Crippen molar-refractivity contribution in [1.82, 2.24) is 5.06 Å². The molecule has 0 saturated carbocycles. The second-order valence-electron chi connectivity index (χ2n) is 5.61. The molecule has 0 N–H and O–H groups in total. The molecule has 1 aliphatic rings. The SMILES string of the molecule is CSc1ccc(-c2ccc(-c3ccc(C(=O)ON4C(=O)CCC4=O)s3)s2)s1. The lowest BCUT2D eigenvalue weighted by molar-refractivity contribution is -0.172. The van der Waals surface area contributed by atoms with Gasteiger partial charge in [0.25, 0.3) is 11.8 Å². The van der Waals surface area contributed by atoms with Crippen molar-refractivity contribution in [3.05, 3.63) is 41.3 Å². The zero-order valence-corrected chi connectivity index (χ0v) is 17.4. The third-order valence-electron chi connectivity index (χ3n) is 3.86. The van der Waals surface area contributed by atoms with E-state index in [1.54, 1.807) is 40.5 Å². The number of imide groups is 1. The number of rotatable bonds is 5. The van der Waals surface area contributed by atoms with Gasteiger partial charge in [-0.1, -0.05) is 0 Å². The van der Waals surface area contributed by atoms with E-state index in [1.807, 2.05) is 12.1 Å². The summed E-state index contributed by atoms with van der Waals surface area (Å²) < 4.78 is 1.27. The molecule has 5 nitrogen and oxygen atoms in total. The van der Waals surface area contributed by atoms with Crippen molar-refractivity contribution < 1.29 is 19.2 Å². The van der Waals surface area contributed by atoms with Crippen LogP contribution < -0.4 is 0 Å². The standard InChI is InChI=1S/C18H13NO4S4/c1-24-17-9-6-13(27-17)12-3-2-10(25-12)11-4-5-14(26-11)18(22)23-19-15(20)7-8-16(19)21/h2-6,9H,7-8H2,1H3. The highest BCUT2D eigenvalue weighted by atomic mass is 32.2. The van der Waals surface area contributed by atoms with Crippen LogP contribution in [0.15, 0.2) is 40.6 Å². The fourth-order valence-corrected chi connectivity index (χ4v) is 6.14. The van der Waals surface area contributed by atoms with E-state index >= 15 is 0 Å². The molecule has 27 heavy (non-hydrogen) atoms. The topological polar surface area (TPSA) is 63.7 Å². The minimum Gasteiger partial charge on any atom is -0.324 e. The molecule has 3 aromatic rings. The monoisotopic (exact) mass is 435 g/mol. The summed E-state index contributed by atoms with van der Waals surface area (Å²) in [6.45, 7) is 0. The van der Waals surface area contributed by atoms with Crippen molar-refractivity contribution in [2.75, 3.05) is 6.26 Å². The van der Waals surface area contributed by atoms with Gasteiger partial charge in [-0.15, -0.1) is 50.8 Å². The fourth-order valence-electron chi connectivity index (χ4n) is 2.53. The van der Waals surface area contributed by atoms with Crippen molar-refractivity contribution in [3.63, 3.8) is 0 Å². The first-order chi connectivity index (χ1) is 13.0. The van der Waals surface area contributed by atoms with Gasteiger partial charge in [0.15, 0.2) is 0 Å². The summed E-state index contributed by atoms with van der Waals surface area (Å²) >= 11 is 6.43. The van der Waals surface area contributed by atoms with Gasteiger partial charge in [0.2, 0.25) is 0 Å². The van der Waals surface area contributed by atoms with Crippen LogP contribution in [0.1, 0.15) is 22.5 Å². The number of carbonyl (C=O) groups excluding carboxylic acids is 3. The smallest absolute Gasteiger partial charge is 0.324 e. The van der Waals surface area contributed by atoms with E-state index in [0.29, 0.717) is 9.94 Å². The average Bonchev–Trinajstić information content (AvgIpc) is 3.43. The van der Waals surface area contributed by atoms with E-state index in [-0.39, 0.29) is 12.8 Å². The van der Waals surface area contributed by atoms with E-state index in [9.17, 15) is 14.4 Å². The predicted molar refractivity (Wildman–Crippen MR) is 109 cm³/mol. The van der Waals surface area contributed by atoms with Crippen molar-refractivity contribution in [1.29, 1.82) is 0 Å². The number of thiophene rings is 3. The Labute approximate surface area is 171 Å². The number of hydroxylamine groups is 2. The fraction of sp³-hybridized carbons (Fsp3) is 0.167. The second kappa shape index (κ2) is 7.59. The minimum atomic E-state index is -0.686. The van der Waals surface area contributed by atoms with Gasteiger partial charge in [-0.25, -0.2) is 4.79 Å². The molecular formula is C18H13NO4S4. The highest BCUT2D eigenvalue weighted by Gasteiger charge is 2.33. The molecule has 0 aliphatic carbocycles. The van der Waals surface area contributed by atoms with Crippen LogP contribution in [-0.4, -0.2) is 29.1 Å². The highest BCUT2D eigenvalue weighted by Crippen LogP contribution is 2.41. The van der Waals surface area contributed by atoms with Gasteiger partial charge in [0, 0.05) is 32.4 Å². The molecule has 1 fully saturated rings. The summed E-state index contributed by atoms with van der Waals surface area (Å²) in [5, 5.41) is 0.574. The van der Waals surface area contributed by atoms with Gasteiger partial charge >= 0.3 is 5.97 Å². The molecule has 4 rings (SSSR count). The lowest BCUT2D eigenvalue weighted by Crippen LogP contribution is -2.31. The van der Waals surface area contributed by atoms with E-state index in [2.05, 4.69) is 24.5 Å². The Kier molecular flexibility index (Phi) is 5.18. The number of carbonyl (C=O) groups is 3. The molecule has 0 bridgehead atoms. The summed E-state index contributed by atoms with van der Waals surface area (Å²) in [7, 11) is 0. The summed E-state index contributed by atoms with van der Waals surface area (Å²) in [5.74, 6) is -1.64. The Morgan fingerprint density at radius 1 is 0.889 bits per heavy atom.